The second kappa shape index (κ2) is 4.22. The summed E-state index contributed by atoms with van der Waals surface area (Å²) in [6, 6.07) is 0. The first-order chi connectivity index (χ1) is 5.95. The first kappa shape index (κ1) is 11.4. The van der Waals surface area contributed by atoms with Crippen molar-refractivity contribution in [2.45, 2.75) is 20.8 Å². The summed E-state index contributed by atoms with van der Waals surface area (Å²) in [5.41, 5.74) is 0.323. The van der Waals surface area contributed by atoms with E-state index in [0.717, 1.165) is 13.2 Å². The SMILES string of the molecule is CO[P@]1OC[C@H](C(C)(C)C)CN1C. The molecule has 1 heterocycles. The van der Waals surface area contributed by atoms with Crippen LogP contribution < -0.4 is 0 Å². The first-order valence-corrected chi connectivity index (χ1v) is 5.76. The number of nitrogens with zero attached hydrogens (tertiary/aromatic N) is 1. The molecule has 0 unspecified atom stereocenters. The second-order valence-electron chi connectivity index (χ2n) is 4.62. The Bertz CT molecular complexity index is 169. The molecule has 4 heteroatoms. The van der Waals surface area contributed by atoms with Gasteiger partial charge in [-0.3, -0.25) is 0 Å². The van der Waals surface area contributed by atoms with E-state index in [-0.39, 0.29) is 0 Å². The normalized spacial score (nSPS) is 32.1. The zero-order chi connectivity index (χ0) is 10.1. The van der Waals surface area contributed by atoms with Crippen LogP contribution in [-0.4, -0.2) is 32.0 Å². The molecule has 1 rings (SSSR count). The molecule has 0 saturated carbocycles. The van der Waals surface area contributed by atoms with Crippen LogP contribution in [0.5, 0.6) is 0 Å². The van der Waals surface area contributed by atoms with Crippen molar-refractivity contribution < 1.29 is 9.05 Å². The zero-order valence-electron chi connectivity index (χ0n) is 9.20. The number of rotatable bonds is 1. The Hall–Kier alpha value is 0.310. The van der Waals surface area contributed by atoms with Crippen LogP contribution in [0.25, 0.3) is 0 Å². The molecule has 0 aliphatic carbocycles. The predicted octanol–water partition coefficient (Wildman–Crippen LogP) is 2.48. The minimum Gasteiger partial charge on any atom is -0.325 e. The molecule has 1 aliphatic rings. The van der Waals surface area contributed by atoms with E-state index in [2.05, 4.69) is 32.5 Å². The molecule has 0 aromatic rings. The van der Waals surface area contributed by atoms with E-state index < -0.39 is 8.53 Å². The fourth-order valence-corrected chi connectivity index (χ4v) is 2.63. The minimum atomic E-state index is -0.771. The fraction of sp³-hybridized carbons (Fsp3) is 1.00. The summed E-state index contributed by atoms with van der Waals surface area (Å²) < 4.78 is 13.1. The van der Waals surface area contributed by atoms with E-state index in [4.69, 9.17) is 9.05 Å². The number of hydrogen-bond donors (Lipinski definition) is 0. The fourth-order valence-electron chi connectivity index (χ4n) is 1.41. The molecular formula is C9H20NO2P. The Morgan fingerprint density at radius 2 is 2.08 bits per heavy atom. The van der Waals surface area contributed by atoms with Crippen molar-refractivity contribution in [1.29, 1.82) is 0 Å². The third-order valence-electron chi connectivity index (χ3n) is 2.53. The summed E-state index contributed by atoms with van der Waals surface area (Å²) in [5, 5.41) is 0. The van der Waals surface area contributed by atoms with Gasteiger partial charge in [0.2, 0.25) is 0 Å². The van der Waals surface area contributed by atoms with Gasteiger partial charge in [0, 0.05) is 19.6 Å². The minimum absolute atomic E-state index is 0.323. The van der Waals surface area contributed by atoms with Crippen LogP contribution in [0.15, 0.2) is 0 Å². The van der Waals surface area contributed by atoms with Crippen molar-refractivity contribution in [1.82, 2.24) is 4.67 Å². The van der Waals surface area contributed by atoms with Gasteiger partial charge >= 0.3 is 0 Å². The van der Waals surface area contributed by atoms with Crippen LogP contribution >= 0.6 is 8.53 Å². The monoisotopic (exact) mass is 205 g/mol. The molecule has 0 N–H and O–H groups in total. The molecule has 1 saturated heterocycles. The molecule has 0 aromatic carbocycles. The van der Waals surface area contributed by atoms with Crippen LogP contribution in [0, 0.1) is 11.3 Å². The van der Waals surface area contributed by atoms with E-state index in [1.165, 1.54) is 0 Å². The maximum Gasteiger partial charge on any atom is 0.258 e. The van der Waals surface area contributed by atoms with Crippen molar-refractivity contribution in [3.63, 3.8) is 0 Å². The van der Waals surface area contributed by atoms with E-state index in [9.17, 15) is 0 Å². The molecule has 2 atom stereocenters. The van der Waals surface area contributed by atoms with Crippen LogP contribution in [-0.2, 0) is 9.05 Å². The summed E-state index contributed by atoms with van der Waals surface area (Å²) in [6.45, 7) is 8.68. The molecule has 0 radical (unpaired) electrons. The molecule has 13 heavy (non-hydrogen) atoms. The van der Waals surface area contributed by atoms with E-state index >= 15 is 0 Å². The van der Waals surface area contributed by atoms with E-state index in [1.807, 2.05) is 0 Å². The highest BCUT2D eigenvalue weighted by Crippen LogP contribution is 2.47. The second-order valence-corrected chi connectivity index (χ2v) is 6.40. The third kappa shape index (κ3) is 2.88. The first-order valence-electron chi connectivity index (χ1n) is 4.63. The van der Waals surface area contributed by atoms with Crippen molar-refractivity contribution in [2.24, 2.45) is 11.3 Å². The Morgan fingerprint density at radius 1 is 1.46 bits per heavy atom. The average molecular weight is 205 g/mol. The maximum atomic E-state index is 5.65. The van der Waals surface area contributed by atoms with Gasteiger partial charge in [-0.1, -0.05) is 20.8 Å². The summed E-state index contributed by atoms with van der Waals surface area (Å²) in [4.78, 5) is 0. The summed E-state index contributed by atoms with van der Waals surface area (Å²) in [5.74, 6) is 0.603. The summed E-state index contributed by atoms with van der Waals surface area (Å²) in [7, 11) is 3.00. The van der Waals surface area contributed by atoms with Gasteiger partial charge in [-0.15, -0.1) is 0 Å². The van der Waals surface area contributed by atoms with Gasteiger partial charge < -0.3 is 9.05 Å². The predicted molar refractivity (Wildman–Crippen MR) is 55.5 cm³/mol. The van der Waals surface area contributed by atoms with Crippen LogP contribution in [0.2, 0.25) is 0 Å². The topological polar surface area (TPSA) is 21.7 Å². The Morgan fingerprint density at radius 3 is 2.46 bits per heavy atom. The molecular weight excluding hydrogens is 185 g/mol. The lowest BCUT2D eigenvalue weighted by molar-refractivity contribution is 0.0817. The van der Waals surface area contributed by atoms with Gasteiger partial charge in [-0.25, -0.2) is 4.67 Å². The van der Waals surface area contributed by atoms with Crippen molar-refractivity contribution in [3.05, 3.63) is 0 Å². The largest absolute Gasteiger partial charge is 0.325 e. The standard InChI is InChI=1S/C9H20NO2P/c1-9(2,3)8-6-10(4)13(11-5)12-7-8/h8H,6-7H2,1-5H3/t8-,13-/m1/s1. The van der Waals surface area contributed by atoms with Crippen LogP contribution in [0.4, 0.5) is 0 Å². The lowest BCUT2D eigenvalue weighted by Gasteiger charge is -2.40. The van der Waals surface area contributed by atoms with E-state index in [1.54, 1.807) is 7.11 Å². The van der Waals surface area contributed by atoms with Crippen molar-refractivity contribution >= 4 is 8.53 Å². The molecule has 1 fully saturated rings. The maximum absolute atomic E-state index is 5.65. The van der Waals surface area contributed by atoms with Crippen molar-refractivity contribution in [2.75, 3.05) is 27.3 Å². The highest BCUT2D eigenvalue weighted by Gasteiger charge is 2.34. The van der Waals surface area contributed by atoms with Gasteiger partial charge in [0.1, 0.15) is 0 Å². The average Bonchev–Trinajstić information content (AvgIpc) is 2.02. The Kier molecular flexibility index (Phi) is 3.70. The lowest BCUT2D eigenvalue weighted by Crippen LogP contribution is -2.38. The Balaban J connectivity index is 2.51. The molecule has 1 aliphatic heterocycles. The number of hydrogen-bond acceptors (Lipinski definition) is 3. The molecule has 0 amide bonds. The van der Waals surface area contributed by atoms with Crippen LogP contribution in [0.3, 0.4) is 0 Å². The third-order valence-corrected chi connectivity index (χ3v) is 3.93. The molecule has 0 aromatic heterocycles. The smallest absolute Gasteiger partial charge is 0.258 e. The zero-order valence-corrected chi connectivity index (χ0v) is 10.1. The van der Waals surface area contributed by atoms with Gasteiger partial charge in [0.05, 0.1) is 6.61 Å². The van der Waals surface area contributed by atoms with Gasteiger partial charge in [0.25, 0.3) is 8.53 Å². The van der Waals surface area contributed by atoms with Crippen LogP contribution in [0.1, 0.15) is 20.8 Å². The summed E-state index contributed by atoms with van der Waals surface area (Å²) >= 11 is 0. The highest BCUT2D eigenvalue weighted by molar-refractivity contribution is 7.44. The van der Waals surface area contributed by atoms with E-state index in [0.29, 0.717) is 11.3 Å². The summed E-state index contributed by atoms with van der Waals surface area (Å²) in [6.07, 6.45) is 0. The highest BCUT2D eigenvalue weighted by atomic mass is 31.2. The quantitative estimate of drug-likeness (QED) is 0.614. The Labute approximate surface area is 82.4 Å². The molecule has 0 bridgehead atoms. The molecule has 0 spiro atoms. The molecule has 78 valence electrons. The van der Waals surface area contributed by atoms with Gasteiger partial charge in [-0.05, 0) is 12.5 Å². The van der Waals surface area contributed by atoms with Crippen molar-refractivity contribution in [3.8, 4) is 0 Å². The van der Waals surface area contributed by atoms with Gasteiger partial charge in [0.15, 0.2) is 0 Å². The van der Waals surface area contributed by atoms with Gasteiger partial charge in [-0.2, -0.15) is 0 Å². The lowest BCUT2D eigenvalue weighted by atomic mass is 9.81. The molecule has 3 nitrogen and oxygen atoms in total.